The lowest BCUT2D eigenvalue weighted by Gasteiger charge is -2.39. The monoisotopic (exact) mass is 633 g/mol. The first-order valence-electron chi connectivity index (χ1n) is 18.3. The number of thioether (sulfide) groups is 1. The molecule has 7 rings (SSSR count). The summed E-state index contributed by atoms with van der Waals surface area (Å²) in [5, 5.41) is 2.65. The zero-order valence-electron chi connectivity index (χ0n) is 26.5. The van der Waals surface area contributed by atoms with Crippen molar-refractivity contribution in [2.24, 2.45) is 23.7 Å². The molecule has 0 saturated heterocycles. The van der Waals surface area contributed by atoms with Crippen molar-refractivity contribution in [3.63, 3.8) is 0 Å². The van der Waals surface area contributed by atoms with Gasteiger partial charge in [0.2, 0.25) is 4.86 Å². The van der Waals surface area contributed by atoms with Crippen molar-refractivity contribution in [2.45, 2.75) is 145 Å². The van der Waals surface area contributed by atoms with E-state index in [1.165, 1.54) is 133 Å². The second-order valence-corrected chi connectivity index (χ2v) is 17.7. The normalized spacial score (nSPS) is 35.0. The molecule has 4 atom stereocenters. The Bertz CT molecular complexity index is 1230. The van der Waals surface area contributed by atoms with Crippen LogP contribution in [0.2, 0.25) is 0 Å². The lowest BCUT2D eigenvalue weighted by molar-refractivity contribution is 0.399. The van der Waals surface area contributed by atoms with Gasteiger partial charge in [-0.2, -0.15) is 0 Å². The van der Waals surface area contributed by atoms with Gasteiger partial charge in [0.15, 0.2) is 16.6 Å². The van der Waals surface area contributed by atoms with E-state index in [-0.39, 0.29) is 0 Å². The molecule has 2 heterocycles. The molecule has 0 nitrogen and oxygen atoms in total. The van der Waals surface area contributed by atoms with Crippen LogP contribution in [0.5, 0.6) is 0 Å². The number of hydrogen-bond acceptors (Lipinski definition) is 1. The molecule has 0 N–H and O–H groups in total. The van der Waals surface area contributed by atoms with E-state index in [0.29, 0.717) is 0 Å². The van der Waals surface area contributed by atoms with E-state index in [4.69, 9.17) is 11.6 Å². The molecule has 0 aromatic rings. The molecular weight excluding hydrogens is 580 g/mol. The maximum absolute atomic E-state index is 7.24. The van der Waals surface area contributed by atoms with Crippen LogP contribution < -0.4 is 0 Å². The Kier molecular flexibility index (Phi) is 10.5. The predicted molar refractivity (Wildman–Crippen MR) is 193 cm³/mol. The third kappa shape index (κ3) is 7.28. The molecule has 4 saturated carbocycles. The highest BCUT2D eigenvalue weighted by Crippen LogP contribution is 2.50. The van der Waals surface area contributed by atoms with Gasteiger partial charge < -0.3 is 0 Å². The summed E-state index contributed by atoms with van der Waals surface area (Å²) in [5.74, 6) is 3.12. The van der Waals surface area contributed by atoms with Gasteiger partial charge in [-0.15, -0.1) is 11.8 Å². The Morgan fingerprint density at radius 3 is 2.16 bits per heavy atom. The molecule has 232 valence electrons. The fourth-order valence-electron chi connectivity index (χ4n) is 9.35. The molecule has 2 aliphatic heterocycles. The van der Waals surface area contributed by atoms with Crippen LogP contribution in [0.4, 0.5) is 0 Å². The average molecular weight is 634 g/mol. The van der Waals surface area contributed by atoms with Gasteiger partial charge >= 0.3 is 0 Å². The number of allylic oxidation sites excluding steroid dienone is 12. The van der Waals surface area contributed by atoms with Gasteiger partial charge in [-0.3, -0.25) is 0 Å². The summed E-state index contributed by atoms with van der Waals surface area (Å²) in [5.41, 5.74) is 5.97. The van der Waals surface area contributed by atoms with Gasteiger partial charge in [-0.1, -0.05) is 93.7 Å². The number of hydrogen-bond donors (Lipinski definition) is 0. The summed E-state index contributed by atoms with van der Waals surface area (Å²) >= 11 is 11.8. The topological polar surface area (TPSA) is 0 Å². The van der Waals surface area contributed by atoms with Crippen molar-refractivity contribution in [1.29, 1.82) is 0 Å². The fraction of sp³-hybridized carbons (Fsp3) is 0.675. The van der Waals surface area contributed by atoms with Crippen LogP contribution in [0.25, 0.3) is 0 Å². The second-order valence-electron chi connectivity index (χ2n) is 14.7. The molecule has 0 amide bonds. The fourth-order valence-corrected chi connectivity index (χ4v) is 13.1. The van der Waals surface area contributed by atoms with Crippen LogP contribution in [0, 0.1) is 23.7 Å². The van der Waals surface area contributed by atoms with Crippen molar-refractivity contribution < 1.29 is 0 Å². The second kappa shape index (κ2) is 14.7. The van der Waals surface area contributed by atoms with E-state index in [1.54, 1.807) is 20.9 Å². The number of rotatable bonds is 5. The van der Waals surface area contributed by atoms with Crippen LogP contribution in [-0.4, -0.2) is 15.4 Å². The van der Waals surface area contributed by atoms with Gasteiger partial charge in [0, 0.05) is 34.6 Å². The number of halogens is 1. The minimum atomic E-state index is 0.739. The molecule has 7 aliphatic rings. The summed E-state index contributed by atoms with van der Waals surface area (Å²) in [6, 6.07) is 0. The summed E-state index contributed by atoms with van der Waals surface area (Å²) in [6.07, 6.45) is 44.0. The van der Waals surface area contributed by atoms with E-state index in [9.17, 15) is 0 Å². The third-order valence-corrected chi connectivity index (χ3v) is 15.5. The molecule has 3 heteroatoms. The quantitative estimate of drug-likeness (QED) is 0.214. The van der Waals surface area contributed by atoms with E-state index < -0.39 is 0 Å². The highest BCUT2D eigenvalue weighted by molar-refractivity contribution is 8.03. The minimum absolute atomic E-state index is 0.739. The van der Waals surface area contributed by atoms with E-state index in [1.807, 2.05) is 0 Å². The first kappa shape index (κ1) is 30.8. The van der Waals surface area contributed by atoms with Crippen LogP contribution in [0.15, 0.2) is 68.7 Å². The third-order valence-electron chi connectivity index (χ3n) is 11.9. The first-order valence-corrected chi connectivity index (χ1v) is 20.5. The van der Waals surface area contributed by atoms with Crippen LogP contribution in [0.3, 0.4) is 0 Å². The predicted octanol–water partition coefficient (Wildman–Crippen LogP) is 12.2. The van der Waals surface area contributed by atoms with Gasteiger partial charge in [-0.05, 0) is 116 Å². The van der Waals surface area contributed by atoms with Crippen LogP contribution in [-0.2, 0) is 11.4 Å². The van der Waals surface area contributed by atoms with Crippen molar-refractivity contribution in [3.8, 4) is 0 Å². The van der Waals surface area contributed by atoms with Gasteiger partial charge in [0.25, 0.3) is 0 Å². The summed E-state index contributed by atoms with van der Waals surface area (Å²) in [4.78, 5) is 3.43. The Balaban J connectivity index is 1.13. The Morgan fingerprint density at radius 2 is 1.35 bits per heavy atom. The number of fused-ring (bicyclic) bond motifs is 2. The maximum atomic E-state index is 7.24. The Morgan fingerprint density at radius 1 is 0.651 bits per heavy atom. The smallest absolute Gasteiger partial charge is 0.126 e. The van der Waals surface area contributed by atoms with Crippen molar-refractivity contribution in [3.05, 3.63) is 68.7 Å². The zero-order chi connectivity index (χ0) is 29.0. The molecule has 4 fully saturated rings. The van der Waals surface area contributed by atoms with Crippen molar-refractivity contribution in [2.75, 3.05) is 0 Å². The molecular formula is C40H54ClS2+. The largest absolute Gasteiger partial charge is 0.205 e. The van der Waals surface area contributed by atoms with Gasteiger partial charge in [-0.25, -0.2) is 0 Å². The average Bonchev–Trinajstić information content (AvgIpc) is 3.07. The van der Waals surface area contributed by atoms with E-state index in [2.05, 4.69) is 59.6 Å². The lowest BCUT2D eigenvalue weighted by atomic mass is 9.80. The summed E-state index contributed by atoms with van der Waals surface area (Å²) in [7, 11) is 0. The molecule has 43 heavy (non-hydrogen) atoms. The molecule has 4 unspecified atom stereocenters. The highest BCUT2D eigenvalue weighted by atomic mass is 35.5. The van der Waals surface area contributed by atoms with Crippen LogP contribution in [0.1, 0.15) is 135 Å². The lowest BCUT2D eigenvalue weighted by Crippen LogP contribution is -2.33. The maximum Gasteiger partial charge on any atom is 0.205 e. The highest BCUT2D eigenvalue weighted by Gasteiger charge is 2.41. The zero-order valence-corrected chi connectivity index (χ0v) is 28.9. The van der Waals surface area contributed by atoms with Crippen molar-refractivity contribution in [1.82, 2.24) is 0 Å². The molecule has 0 bridgehead atoms. The standard InChI is InChI=1S/C40H54ClS2/c41-40-30(22-24-32-26-38(28-12-3-1-4-13-28)42-36-20-9-7-18-34(32)36)16-11-17-31(40)23-25-33-27-39(29-14-5-2-6-15-29)43-37-21-10-8-19-35(33)37/h22-29,34-37H,1-21H2/q+1. The summed E-state index contributed by atoms with van der Waals surface area (Å²) < 4.78 is 0. The van der Waals surface area contributed by atoms with Gasteiger partial charge in [0.05, 0.1) is 0 Å². The van der Waals surface area contributed by atoms with E-state index in [0.717, 1.165) is 52.0 Å². The van der Waals surface area contributed by atoms with Crippen LogP contribution >= 0.6 is 23.4 Å². The van der Waals surface area contributed by atoms with E-state index >= 15 is 0 Å². The SMILES string of the molecule is ClC1=C(/C=C/C2=CC(C3CCCCC3)=[S+]C3CCCCC23)CCC/C1=C\C=C1/C=C(C2CCCCC2)SC2CCCCC12. The molecule has 0 radical (unpaired) electrons. The molecule has 0 aromatic heterocycles. The molecule has 0 aromatic carbocycles. The van der Waals surface area contributed by atoms with Crippen molar-refractivity contribution >= 4 is 39.6 Å². The minimum Gasteiger partial charge on any atom is -0.126 e. The first-order chi connectivity index (χ1) is 21.2. The Labute approximate surface area is 276 Å². The summed E-state index contributed by atoms with van der Waals surface area (Å²) in [6.45, 7) is 0. The Hall–Kier alpha value is -0.830. The molecule has 0 spiro atoms. The molecule has 5 aliphatic carbocycles. The van der Waals surface area contributed by atoms with Gasteiger partial charge in [0.1, 0.15) is 0 Å².